The molecule has 1 aromatic carbocycles. The number of amides is 2. The molecule has 0 atom stereocenters. The molecule has 150 valence electrons. The fraction of sp³-hybridized carbons (Fsp3) is 0.400. The van der Waals surface area contributed by atoms with E-state index in [0.717, 1.165) is 31.5 Å². The van der Waals surface area contributed by atoms with Crippen molar-refractivity contribution in [3.05, 3.63) is 52.0 Å². The van der Waals surface area contributed by atoms with E-state index in [4.69, 9.17) is 4.74 Å². The van der Waals surface area contributed by atoms with Crippen LogP contribution in [0.2, 0.25) is 0 Å². The van der Waals surface area contributed by atoms with Gasteiger partial charge in [0.2, 0.25) is 5.91 Å². The molecule has 3 rings (SSSR count). The van der Waals surface area contributed by atoms with Gasteiger partial charge >= 0.3 is 0 Å². The largest absolute Gasteiger partial charge is 0.494 e. The van der Waals surface area contributed by atoms with Crippen molar-refractivity contribution in [3.8, 4) is 5.75 Å². The van der Waals surface area contributed by atoms with Gasteiger partial charge in [0, 0.05) is 36.6 Å². The van der Waals surface area contributed by atoms with Crippen LogP contribution in [0.25, 0.3) is 0 Å². The van der Waals surface area contributed by atoms with Crippen molar-refractivity contribution in [1.29, 1.82) is 0 Å². The number of ether oxygens (including phenoxy) is 1. The lowest BCUT2D eigenvalue weighted by Crippen LogP contribution is -2.47. The Labute approximate surface area is 167 Å². The van der Waals surface area contributed by atoms with Crippen LogP contribution in [0.3, 0.4) is 0 Å². The smallest absolute Gasteiger partial charge is 0.252 e. The van der Waals surface area contributed by atoms with Gasteiger partial charge in [-0.2, -0.15) is 11.3 Å². The number of hydrogen-bond acceptors (Lipinski definition) is 5. The minimum Gasteiger partial charge on any atom is -0.494 e. The van der Waals surface area contributed by atoms with Crippen LogP contribution in [0, 0.1) is 5.82 Å². The molecule has 1 saturated heterocycles. The molecule has 1 aliphatic heterocycles. The first kappa shape index (κ1) is 20.3. The van der Waals surface area contributed by atoms with Gasteiger partial charge < -0.3 is 15.4 Å². The van der Waals surface area contributed by atoms with Crippen LogP contribution in [-0.2, 0) is 11.3 Å². The zero-order chi connectivity index (χ0) is 19.9. The fourth-order valence-corrected chi connectivity index (χ4v) is 3.87. The quantitative estimate of drug-likeness (QED) is 0.742. The summed E-state index contributed by atoms with van der Waals surface area (Å²) in [5, 5.41) is 9.17. The molecular weight excluding hydrogens is 381 g/mol. The topological polar surface area (TPSA) is 70.7 Å². The second-order valence-electron chi connectivity index (χ2n) is 6.78. The third kappa shape index (κ3) is 5.53. The van der Waals surface area contributed by atoms with Crippen molar-refractivity contribution in [1.82, 2.24) is 15.5 Å². The van der Waals surface area contributed by atoms with Crippen LogP contribution in [0.5, 0.6) is 5.75 Å². The summed E-state index contributed by atoms with van der Waals surface area (Å²) in [6.45, 7) is 2.28. The summed E-state index contributed by atoms with van der Waals surface area (Å²) in [5.41, 5.74) is 1.47. The maximum absolute atomic E-state index is 13.8. The molecule has 0 radical (unpaired) electrons. The van der Waals surface area contributed by atoms with E-state index < -0.39 is 0 Å². The normalized spacial score (nSPS) is 15.2. The van der Waals surface area contributed by atoms with E-state index in [2.05, 4.69) is 15.5 Å². The Morgan fingerprint density at radius 1 is 1.29 bits per heavy atom. The summed E-state index contributed by atoms with van der Waals surface area (Å²) >= 11 is 1.44. The van der Waals surface area contributed by atoms with E-state index in [9.17, 15) is 14.0 Å². The molecular formula is C20H24FN3O3S. The van der Waals surface area contributed by atoms with Crippen molar-refractivity contribution in [2.45, 2.75) is 25.4 Å². The Morgan fingerprint density at radius 3 is 2.71 bits per heavy atom. The number of carbonyl (C=O) groups excluding carboxylic acids is 2. The zero-order valence-corrected chi connectivity index (χ0v) is 16.6. The van der Waals surface area contributed by atoms with Gasteiger partial charge in [-0.15, -0.1) is 0 Å². The number of carbonyl (C=O) groups is 2. The number of hydrogen-bond donors (Lipinski definition) is 2. The summed E-state index contributed by atoms with van der Waals surface area (Å²) < 4.78 is 18.8. The SMILES string of the molecule is COc1ccc(CN2CCC(NC(=O)CNC(=O)c3ccsc3)CC2)cc1F. The highest BCUT2D eigenvalue weighted by molar-refractivity contribution is 7.08. The average molecular weight is 405 g/mol. The molecule has 0 bridgehead atoms. The third-order valence-corrected chi connectivity index (χ3v) is 5.45. The maximum atomic E-state index is 13.8. The number of thiophene rings is 1. The zero-order valence-electron chi connectivity index (χ0n) is 15.7. The highest BCUT2D eigenvalue weighted by atomic mass is 32.1. The standard InChI is InChI=1S/C20H24FN3O3S/c1-27-18-3-2-14(10-17(18)21)12-24-7-4-16(5-8-24)23-19(25)11-22-20(26)15-6-9-28-13-15/h2-3,6,9-10,13,16H,4-5,7-8,11-12H2,1H3,(H,22,26)(H,23,25). The molecule has 8 heteroatoms. The van der Waals surface area contributed by atoms with E-state index in [1.54, 1.807) is 17.5 Å². The third-order valence-electron chi connectivity index (χ3n) is 4.77. The lowest BCUT2D eigenvalue weighted by atomic mass is 10.0. The Morgan fingerprint density at radius 2 is 2.07 bits per heavy atom. The number of halogens is 1. The Hall–Kier alpha value is -2.45. The number of methoxy groups -OCH3 is 1. The van der Waals surface area contributed by atoms with Gasteiger partial charge in [0.25, 0.3) is 5.91 Å². The van der Waals surface area contributed by atoms with Gasteiger partial charge in [0.15, 0.2) is 11.6 Å². The van der Waals surface area contributed by atoms with E-state index in [1.807, 2.05) is 11.4 Å². The molecule has 1 aliphatic rings. The number of nitrogens with one attached hydrogen (secondary N) is 2. The molecule has 0 aliphatic carbocycles. The van der Waals surface area contributed by atoms with Gasteiger partial charge in [-0.1, -0.05) is 6.07 Å². The molecule has 2 aromatic rings. The first-order valence-corrected chi connectivity index (χ1v) is 10.1. The van der Waals surface area contributed by atoms with E-state index in [1.165, 1.54) is 24.5 Å². The highest BCUT2D eigenvalue weighted by Gasteiger charge is 2.21. The molecule has 0 saturated carbocycles. The summed E-state index contributed by atoms with van der Waals surface area (Å²) in [6.07, 6.45) is 1.64. The molecule has 2 amide bonds. The average Bonchev–Trinajstić information content (AvgIpc) is 3.23. The van der Waals surface area contributed by atoms with Crippen molar-refractivity contribution >= 4 is 23.2 Å². The van der Waals surface area contributed by atoms with Crippen molar-refractivity contribution in [3.63, 3.8) is 0 Å². The maximum Gasteiger partial charge on any atom is 0.252 e. The summed E-state index contributed by atoms with van der Waals surface area (Å²) in [4.78, 5) is 26.2. The molecule has 0 spiro atoms. The Bertz CT molecular complexity index is 805. The van der Waals surface area contributed by atoms with Crippen molar-refractivity contribution < 1.29 is 18.7 Å². The lowest BCUT2D eigenvalue weighted by Gasteiger charge is -2.32. The summed E-state index contributed by atoms with van der Waals surface area (Å²) in [6, 6.07) is 6.83. The predicted molar refractivity (Wildman–Crippen MR) is 106 cm³/mol. The van der Waals surface area contributed by atoms with Crippen molar-refractivity contribution in [2.75, 3.05) is 26.7 Å². The van der Waals surface area contributed by atoms with Crippen LogP contribution in [0.15, 0.2) is 35.0 Å². The number of piperidine rings is 1. The summed E-state index contributed by atoms with van der Waals surface area (Å²) in [5.74, 6) is -0.528. The Kier molecular flexibility index (Phi) is 7.00. The molecule has 1 aromatic heterocycles. The predicted octanol–water partition coefficient (Wildman–Crippen LogP) is 2.41. The number of likely N-dealkylation sites (tertiary alicyclic amines) is 1. The highest BCUT2D eigenvalue weighted by Crippen LogP contribution is 2.20. The number of nitrogens with zero attached hydrogens (tertiary/aromatic N) is 1. The van der Waals surface area contributed by atoms with Gasteiger partial charge in [-0.05, 0) is 42.0 Å². The molecule has 1 fully saturated rings. The van der Waals surface area contributed by atoms with Crippen LogP contribution in [-0.4, -0.2) is 49.5 Å². The lowest BCUT2D eigenvalue weighted by molar-refractivity contribution is -0.121. The second kappa shape index (κ2) is 9.66. The van der Waals surface area contributed by atoms with Crippen LogP contribution in [0.1, 0.15) is 28.8 Å². The molecule has 0 unspecified atom stereocenters. The van der Waals surface area contributed by atoms with E-state index in [-0.39, 0.29) is 36.0 Å². The van der Waals surface area contributed by atoms with Gasteiger partial charge in [0.1, 0.15) is 0 Å². The minimum atomic E-state index is -0.355. The fourth-order valence-electron chi connectivity index (χ4n) is 3.24. The van der Waals surface area contributed by atoms with E-state index >= 15 is 0 Å². The minimum absolute atomic E-state index is 0.0278. The molecule has 2 N–H and O–H groups in total. The van der Waals surface area contributed by atoms with Crippen LogP contribution in [0.4, 0.5) is 4.39 Å². The molecule has 6 nitrogen and oxygen atoms in total. The van der Waals surface area contributed by atoms with Gasteiger partial charge in [0.05, 0.1) is 13.7 Å². The monoisotopic (exact) mass is 405 g/mol. The Balaban J connectivity index is 1.38. The van der Waals surface area contributed by atoms with Gasteiger partial charge in [-0.3, -0.25) is 14.5 Å². The first-order valence-electron chi connectivity index (χ1n) is 9.19. The molecule has 2 heterocycles. The summed E-state index contributed by atoms with van der Waals surface area (Å²) in [7, 11) is 1.45. The number of rotatable bonds is 7. The van der Waals surface area contributed by atoms with Crippen molar-refractivity contribution in [2.24, 2.45) is 0 Å². The van der Waals surface area contributed by atoms with Crippen LogP contribution >= 0.6 is 11.3 Å². The first-order chi connectivity index (χ1) is 13.5. The van der Waals surface area contributed by atoms with E-state index in [0.29, 0.717) is 12.1 Å². The van der Waals surface area contributed by atoms with Gasteiger partial charge in [-0.25, -0.2) is 4.39 Å². The molecule has 28 heavy (non-hydrogen) atoms. The second-order valence-corrected chi connectivity index (χ2v) is 7.56. The number of benzene rings is 1. The van der Waals surface area contributed by atoms with Crippen LogP contribution < -0.4 is 15.4 Å².